The predicted octanol–water partition coefficient (Wildman–Crippen LogP) is 1.22. The van der Waals surface area contributed by atoms with E-state index in [-0.39, 0.29) is 29.3 Å². The van der Waals surface area contributed by atoms with Crippen LogP contribution in [0.1, 0.15) is 38.5 Å². The van der Waals surface area contributed by atoms with Gasteiger partial charge in [-0.05, 0) is 45.2 Å². The highest BCUT2D eigenvalue weighted by atomic mass is 35.5. The topological polar surface area (TPSA) is 66.5 Å². The number of sulfone groups is 1. The number of halogens is 1. The minimum Gasteiger partial charge on any atom is -0.342 e. The van der Waals surface area contributed by atoms with Crippen molar-refractivity contribution >= 4 is 28.2 Å². The van der Waals surface area contributed by atoms with Crippen molar-refractivity contribution in [1.29, 1.82) is 0 Å². The molecule has 0 unspecified atom stereocenters. The number of amides is 1. The molecule has 1 saturated heterocycles. The fraction of sp³-hybridized carbons (Fsp3) is 0.929. The Balaban J connectivity index is 0.00000220. The lowest BCUT2D eigenvalue weighted by molar-refractivity contribution is -0.129. The molecule has 5 nitrogen and oxygen atoms in total. The Morgan fingerprint density at radius 1 is 1.14 bits per heavy atom. The van der Waals surface area contributed by atoms with Crippen LogP contribution in [0.5, 0.6) is 0 Å². The number of rotatable bonds is 5. The minimum absolute atomic E-state index is 0. The standard InChI is InChI=1S/C14H26N2O3S.ClH/c1-15-10-12-6-8-16(9-7-12)14(17)11-20(18,19)13-4-2-3-5-13;/h12-13,15H,2-11H2,1H3;1H. The van der Waals surface area contributed by atoms with E-state index in [0.717, 1.165) is 45.1 Å². The maximum atomic E-state index is 12.2. The van der Waals surface area contributed by atoms with Gasteiger partial charge in [-0.25, -0.2) is 8.42 Å². The molecule has 0 bridgehead atoms. The van der Waals surface area contributed by atoms with E-state index in [1.165, 1.54) is 0 Å². The molecule has 124 valence electrons. The number of carbonyl (C=O) groups excluding carboxylic acids is 1. The molecule has 1 saturated carbocycles. The summed E-state index contributed by atoms with van der Waals surface area (Å²) in [6, 6.07) is 0. The summed E-state index contributed by atoms with van der Waals surface area (Å²) in [5, 5.41) is 2.89. The van der Waals surface area contributed by atoms with Gasteiger partial charge in [0.1, 0.15) is 5.75 Å². The molecule has 1 N–H and O–H groups in total. The monoisotopic (exact) mass is 338 g/mol. The van der Waals surface area contributed by atoms with Crippen molar-refractivity contribution in [3.05, 3.63) is 0 Å². The average Bonchev–Trinajstić information content (AvgIpc) is 2.94. The van der Waals surface area contributed by atoms with Crippen molar-refractivity contribution in [2.75, 3.05) is 32.4 Å². The molecule has 0 radical (unpaired) electrons. The Morgan fingerprint density at radius 3 is 2.24 bits per heavy atom. The second-order valence-electron chi connectivity index (χ2n) is 6.10. The van der Waals surface area contributed by atoms with Gasteiger partial charge in [-0.15, -0.1) is 12.4 Å². The summed E-state index contributed by atoms with van der Waals surface area (Å²) >= 11 is 0. The molecule has 0 atom stereocenters. The second-order valence-corrected chi connectivity index (χ2v) is 8.38. The fourth-order valence-electron chi connectivity index (χ4n) is 3.30. The highest BCUT2D eigenvalue weighted by Gasteiger charge is 2.33. The maximum absolute atomic E-state index is 12.2. The number of hydrogen-bond acceptors (Lipinski definition) is 4. The van der Waals surface area contributed by atoms with E-state index in [1.54, 1.807) is 4.90 Å². The molecule has 0 aromatic carbocycles. The number of carbonyl (C=O) groups is 1. The quantitative estimate of drug-likeness (QED) is 0.818. The average molecular weight is 339 g/mol. The molecular formula is C14H27ClN2O3S. The van der Waals surface area contributed by atoms with Crippen LogP contribution >= 0.6 is 12.4 Å². The number of nitrogens with zero attached hydrogens (tertiary/aromatic N) is 1. The Hall–Kier alpha value is -0.330. The van der Waals surface area contributed by atoms with Gasteiger partial charge in [-0.2, -0.15) is 0 Å². The molecule has 2 fully saturated rings. The Kier molecular flexibility index (Phi) is 7.44. The third-order valence-corrected chi connectivity index (χ3v) is 6.73. The first-order chi connectivity index (χ1) is 9.53. The van der Waals surface area contributed by atoms with Gasteiger partial charge < -0.3 is 10.2 Å². The molecular weight excluding hydrogens is 312 g/mol. The van der Waals surface area contributed by atoms with E-state index in [2.05, 4.69) is 5.32 Å². The van der Waals surface area contributed by atoms with Crippen LogP contribution in [-0.2, 0) is 14.6 Å². The van der Waals surface area contributed by atoms with Gasteiger partial charge in [0.15, 0.2) is 9.84 Å². The van der Waals surface area contributed by atoms with E-state index in [9.17, 15) is 13.2 Å². The zero-order valence-electron chi connectivity index (χ0n) is 12.7. The molecule has 1 aliphatic heterocycles. The Morgan fingerprint density at radius 2 is 1.71 bits per heavy atom. The van der Waals surface area contributed by atoms with Crippen LogP contribution in [0.15, 0.2) is 0 Å². The SMILES string of the molecule is CNCC1CCN(C(=O)CS(=O)(=O)C2CCCC2)CC1.Cl. The second kappa shape index (κ2) is 8.34. The van der Waals surface area contributed by atoms with E-state index in [0.29, 0.717) is 19.0 Å². The number of piperidine rings is 1. The first kappa shape index (κ1) is 18.7. The van der Waals surface area contributed by atoms with Crippen molar-refractivity contribution < 1.29 is 13.2 Å². The number of hydrogen-bond donors (Lipinski definition) is 1. The first-order valence-corrected chi connectivity index (χ1v) is 9.38. The normalized spacial score (nSPS) is 21.3. The summed E-state index contributed by atoms with van der Waals surface area (Å²) in [5.74, 6) is 0.129. The third kappa shape index (κ3) is 5.11. The summed E-state index contributed by atoms with van der Waals surface area (Å²) in [4.78, 5) is 13.9. The van der Waals surface area contributed by atoms with Crippen LogP contribution in [0.3, 0.4) is 0 Å². The van der Waals surface area contributed by atoms with Gasteiger partial charge in [0.05, 0.1) is 5.25 Å². The molecule has 1 amide bonds. The lowest BCUT2D eigenvalue weighted by atomic mass is 9.97. The molecule has 21 heavy (non-hydrogen) atoms. The van der Waals surface area contributed by atoms with Gasteiger partial charge >= 0.3 is 0 Å². The van der Waals surface area contributed by atoms with E-state index < -0.39 is 9.84 Å². The van der Waals surface area contributed by atoms with Crippen LogP contribution in [-0.4, -0.2) is 56.9 Å². The Bertz CT molecular complexity index is 428. The van der Waals surface area contributed by atoms with Crippen LogP contribution in [0, 0.1) is 5.92 Å². The largest absolute Gasteiger partial charge is 0.342 e. The van der Waals surface area contributed by atoms with Gasteiger partial charge in [-0.1, -0.05) is 12.8 Å². The predicted molar refractivity (Wildman–Crippen MR) is 86.5 cm³/mol. The van der Waals surface area contributed by atoms with Gasteiger partial charge in [0.25, 0.3) is 0 Å². The minimum atomic E-state index is -3.24. The van der Waals surface area contributed by atoms with Crippen molar-refractivity contribution in [2.45, 2.75) is 43.8 Å². The Labute approximate surface area is 134 Å². The summed E-state index contributed by atoms with van der Waals surface area (Å²) in [7, 11) is -1.30. The zero-order valence-corrected chi connectivity index (χ0v) is 14.3. The molecule has 1 heterocycles. The zero-order chi connectivity index (χ0) is 14.6. The van der Waals surface area contributed by atoms with E-state index in [4.69, 9.17) is 0 Å². The number of nitrogens with one attached hydrogen (secondary N) is 1. The van der Waals surface area contributed by atoms with Gasteiger partial charge in [-0.3, -0.25) is 4.79 Å². The third-order valence-electron chi connectivity index (χ3n) is 4.59. The van der Waals surface area contributed by atoms with E-state index in [1.807, 2.05) is 7.05 Å². The van der Waals surface area contributed by atoms with Crippen molar-refractivity contribution in [3.8, 4) is 0 Å². The molecule has 1 aliphatic carbocycles. The lowest BCUT2D eigenvalue weighted by Gasteiger charge is -2.32. The summed E-state index contributed by atoms with van der Waals surface area (Å²) in [6.07, 6.45) is 5.37. The van der Waals surface area contributed by atoms with Crippen LogP contribution in [0.25, 0.3) is 0 Å². The summed E-state index contributed by atoms with van der Waals surface area (Å²) < 4.78 is 24.4. The first-order valence-electron chi connectivity index (χ1n) is 7.67. The smallest absolute Gasteiger partial charge is 0.237 e. The van der Waals surface area contributed by atoms with Crippen LogP contribution in [0.4, 0.5) is 0 Å². The van der Waals surface area contributed by atoms with Gasteiger partial charge in [0.2, 0.25) is 5.91 Å². The molecule has 2 aliphatic rings. The molecule has 2 rings (SSSR count). The summed E-state index contributed by atoms with van der Waals surface area (Å²) in [5.41, 5.74) is 0. The number of likely N-dealkylation sites (tertiary alicyclic amines) is 1. The summed E-state index contributed by atoms with van der Waals surface area (Å²) in [6.45, 7) is 2.37. The van der Waals surface area contributed by atoms with Gasteiger partial charge in [0, 0.05) is 13.1 Å². The lowest BCUT2D eigenvalue weighted by Crippen LogP contribution is -2.43. The maximum Gasteiger partial charge on any atom is 0.237 e. The van der Waals surface area contributed by atoms with Crippen LogP contribution < -0.4 is 5.32 Å². The highest BCUT2D eigenvalue weighted by Crippen LogP contribution is 2.25. The molecule has 0 aromatic rings. The van der Waals surface area contributed by atoms with Crippen LogP contribution in [0.2, 0.25) is 0 Å². The molecule has 7 heteroatoms. The van der Waals surface area contributed by atoms with Crippen molar-refractivity contribution in [3.63, 3.8) is 0 Å². The van der Waals surface area contributed by atoms with Crippen molar-refractivity contribution in [1.82, 2.24) is 10.2 Å². The molecule has 0 spiro atoms. The molecule has 0 aromatic heterocycles. The van der Waals surface area contributed by atoms with E-state index >= 15 is 0 Å². The highest BCUT2D eigenvalue weighted by molar-refractivity contribution is 7.92. The fourth-order valence-corrected chi connectivity index (χ4v) is 5.12. The van der Waals surface area contributed by atoms with Crippen molar-refractivity contribution in [2.24, 2.45) is 5.92 Å².